The lowest BCUT2D eigenvalue weighted by molar-refractivity contribution is 0.191. The van der Waals surface area contributed by atoms with Crippen LogP contribution in [-0.2, 0) is 14.6 Å². The molecule has 0 heterocycles. The Bertz CT molecular complexity index is 444. The van der Waals surface area contributed by atoms with Gasteiger partial charge in [0, 0.05) is 24.9 Å². The van der Waals surface area contributed by atoms with Crippen LogP contribution in [0.2, 0.25) is 0 Å². The maximum Gasteiger partial charge on any atom is 0.175 e. The fourth-order valence-corrected chi connectivity index (χ4v) is 2.16. The van der Waals surface area contributed by atoms with E-state index in [9.17, 15) is 8.42 Å². The van der Waals surface area contributed by atoms with Gasteiger partial charge in [-0.2, -0.15) is 0 Å². The molecular weight excluding hydrogens is 262 g/mol. The van der Waals surface area contributed by atoms with E-state index in [1.54, 1.807) is 31.4 Å². The van der Waals surface area contributed by atoms with Crippen molar-refractivity contribution in [1.29, 1.82) is 0 Å². The molecule has 1 rings (SSSR count). The number of anilines is 1. The van der Waals surface area contributed by atoms with Crippen molar-refractivity contribution in [2.45, 2.75) is 10.9 Å². The van der Waals surface area contributed by atoms with Gasteiger partial charge in [0.15, 0.2) is 9.84 Å². The van der Waals surface area contributed by atoms with Gasteiger partial charge in [-0.25, -0.2) is 8.42 Å². The Morgan fingerprint density at radius 1 is 1.35 bits per heavy atom. The van der Waals surface area contributed by atoms with Crippen molar-refractivity contribution in [3.8, 4) is 0 Å². The summed E-state index contributed by atoms with van der Waals surface area (Å²) in [6, 6.07) is 6.56. The number of rotatable bonds is 6. The highest BCUT2D eigenvalue weighted by atomic mass is 35.5. The van der Waals surface area contributed by atoms with Crippen LogP contribution in [0.1, 0.15) is 0 Å². The van der Waals surface area contributed by atoms with Crippen molar-refractivity contribution in [3.63, 3.8) is 0 Å². The zero-order valence-corrected chi connectivity index (χ0v) is 11.4. The van der Waals surface area contributed by atoms with E-state index in [4.69, 9.17) is 16.3 Å². The van der Waals surface area contributed by atoms with Crippen LogP contribution in [0.5, 0.6) is 0 Å². The van der Waals surface area contributed by atoms with Gasteiger partial charge < -0.3 is 10.1 Å². The average molecular weight is 278 g/mol. The second-order valence-corrected chi connectivity index (χ2v) is 6.07. The Morgan fingerprint density at radius 2 is 1.94 bits per heavy atom. The second-order valence-electron chi connectivity index (χ2n) is 3.75. The van der Waals surface area contributed by atoms with Crippen molar-refractivity contribution in [1.82, 2.24) is 0 Å². The summed E-state index contributed by atoms with van der Waals surface area (Å²) in [7, 11) is -1.54. The van der Waals surface area contributed by atoms with E-state index < -0.39 is 9.84 Å². The first-order valence-corrected chi connectivity index (χ1v) is 7.51. The monoisotopic (exact) mass is 277 g/mol. The van der Waals surface area contributed by atoms with Crippen molar-refractivity contribution < 1.29 is 13.2 Å². The lowest BCUT2D eigenvalue weighted by Crippen LogP contribution is -2.26. The molecule has 0 saturated carbocycles. The van der Waals surface area contributed by atoms with Gasteiger partial charge in [0.05, 0.1) is 17.5 Å². The van der Waals surface area contributed by atoms with Crippen molar-refractivity contribution in [2.24, 2.45) is 0 Å². The molecule has 1 aromatic carbocycles. The SMILES string of the molecule is COCC(CCl)Nc1ccc(S(C)(=O)=O)cc1. The molecule has 6 heteroatoms. The molecule has 1 aromatic rings. The molecule has 0 aliphatic carbocycles. The van der Waals surface area contributed by atoms with E-state index in [-0.39, 0.29) is 6.04 Å². The summed E-state index contributed by atoms with van der Waals surface area (Å²) >= 11 is 5.76. The minimum absolute atomic E-state index is 0.00532. The van der Waals surface area contributed by atoms with Crippen molar-refractivity contribution in [3.05, 3.63) is 24.3 Å². The number of halogens is 1. The largest absolute Gasteiger partial charge is 0.383 e. The molecule has 1 unspecified atom stereocenters. The number of methoxy groups -OCH3 is 1. The second kappa shape index (κ2) is 6.23. The van der Waals surface area contributed by atoms with E-state index in [0.717, 1.165) is 5.69 Å². The van der Waals surface area contributed by atoms with Crippen LogP contribution in [0.15, 0.2) is 29.2 Å². The van der Waals surface area contributed by atoms with Crippen LogP contribution < -0.4 is 5.32 Å². The Balaban J connectivity index is 2.74. The zero-order valence-electron chi connectivity index (χ0n) is 9.81. The zero-order chi connectivity index (χ0) is 12.9. The van der Waals surface area contributed by atoms with Gasteiger partial charge in [-0.3, -0.25) is 0 Å². The highest BCUT2D eigenvalue weighted by Gasteiger charge is 2.09. The van der Waals surface area contributed by atoms with Gasteiger partial charge in [0.25, 0.3) is 0 Å². The molecule has 17 heavy (non-hydrogen) atoms. The van der Waals surface area contributed by atoms with Crippen LogP contribution in [-0.4, -0.2) is 40.3 Å². The normalized spacial score (nSPS) is 13.4. The molecule has 0 amide bonds. The molecule has 0 saturated heterocycles. The number of nitrogens with one attached hydrogen (secondary N) is 1. The van der Waals surface area contributed by atoms with Gasteiger partial charge in [-0.05, 0) is 24.3 Å². The lowest BCUT2D eigenvalue weighted by atomic mass is 10.3. The lowest BCUT2D eigenvalue weighted by Gasteiger charge is -2.16. The quantitative estimate of drug-likeness (QED) is 0.805. The third kappa shape index (κ3) is 4.53. The summed E-state index contributed by atoms with van der Waals surface area (Å²) in [5.74, 6) is 0.418. The Hall–Kier alpha value is -0.780. The first-order valence-electron chi connectivity index (χ1n) is 5.09. The molecule has 0 spiro atoms. The third-order valence-electron chi connectivity index (χ3n) is 2.21. The van der Waals surface area contributed by atoms with E-state index in [1.165, 1.54) is 6.26 Å². The standard InChI is InChI=1S/C11H16ClNO3S/c1-16-8-10(7-12)13-9-3-5-11(6-4-9)17(2,14)15/h3-6,10,13H,7-8H2,1-2H3. The first-order chi connectivity index (χ1) is 7.97. The predicted molar refractivity (Wildman–Crippen MR) is 69.6 cm³/mol. The predicted octanol–water partition coefficient (Wildman–Crippen LogP) is 1.76. The molecule has 0 fully saturated rings. The molecule has 0 aliphatic heterocycles. The molecule has 96 valence electrons. The summed E-state index contributed by atoms with van der Waals surface area (Å²) in [4.78, 5) is 0.303. The summed E-state index contributed by atoms with van der Waals surface area (Å²) in [6.45, 7) is 0.497. The molecule has 4 nitrogen and oxygen atoms in total. The first kappa shape index (κ1) is 14.3. The van der Waals surface area contributed by atoms with E-state index >= 15 is 0 Å². The third-order valence-corrected chi connectivity index (χ3v) is 3.71. The van der Waals surface area contributed by atoms with Crippen LogP contribution in [0, 0.1) is 0 Å². The van der Waals surface area contributed by atoms with E-state index in [1.807, 2.05) is 0 Å². The molecular formula is C11H16ClNO3S. The maximum atomic E-state index is 11.3. The highest BCUT2D eigenvalue weighted by Crippen LogP contribution is 2.15. The van der Waals surface area contributed by atoms with Crippen LogP contribution in [0.25, 0.3) is 0 Å². The molecule has 0 bridgehead atoms. The Morgan fingerprint density at radius 3 is 2.35 bits per heavy atom. The van der Waals surface area contributed by atoms with Crippen LogP contribution in [0.3, 0.4) is 0 Å². The Labute approximate surface area is 107 Å². The molecule has 0 aliphatic rings. The van der Waals surface area contributed by atoms with Gasteiger partial charge >= 0.3 is 0 Å². The van der Waals surface area contributed by atoms with Crippen LogP contribution >= 0.6 is 11.6 Å². The van der Waals surface area contributed by atoms with E-state index in [0.29, 0.717) is 17.4 Å². The molecule has 1 N–H and O–H groups in total. The average Bonchev–Trinajstić information content (AvgIpc) is 2.28. The molecule has 0 radical (unpaired) electrons. The number of benzene rings is 1. The summed E-state index contributed by atoms with van der Waals surface area (Å²) in [6.07, 6.45) is 1.18. The summed E-state index contributed by atoms with van der Waals surface area (Å²) in [5.41, 5.74) is 0.820. The fraction of sp³-hybridized carbons (Fsp3) is 0.455. The number of sulfone groups is 1. The minimum atomic E-state index is -3.14. The summed E-state index contributed by atoms with van der Waals surface area (Å²) < 4.78 is 27.5. The number of alkyl halides is 1. The smallest absolute Gasteiger partial charge is 0.175 e. The molecule has 0 aromatic heterocycles. The molecule has 1 atom stereocenters. The van der Waals surface area contributed by atoms with Crippen LogP contribution in [0.4, 0.5) is 5.69 Å². The number of ether oxygens (including phenoxy) is 1. The maximum absolute atomic E-state index is 11.3. The van der Waals surface area contributed by atoms with Gasteiger partial charge in [-0.1, -0.05) is 0 Å². The van der Waals surface area contributed by atoms with Crippen molar-refractivity contribution >= 4 is 27.1 Å². The van der Waals surface area contributed by atoms with Gasteiger partial charge in [-0.15, -0.1) is 11.6 Å². The number of hydrogen-bond acceptors (Lipinski definition) is 4. The fourth-order valence-electron chi connectivity index (χ4n) is 1.36. The summed E-state index contributed by atoms with van der Waals surface area (Å²) in [5, 5.41) is 3.16. The topological polar surface area (TPSA) is 55.4 Å². The Kier molecular flexibility index (Phi) is 5.24. The number of hydrogen-bond donors (Lipinski definition) is 1. The van der Waals surface area contributed by atoms with Gasteiger partial charge in [0.1, 0.15) is 0 Å². The highest BCUT2D eigenvalue weighted by molar-refractivity contribution is 7.90. The van der Waals surface area contributed by atoms with E-state index in [2.05, 4.69) is 5.32 Å². The van der Waals surface area contributed by atoms with Crippen molar-refractivity contribution in [2.75, 3.05) is 31.2 Å². The van der Waals surface area contributed by atoms with Gasteiger partial charge in [0.2, 0.25) is 0 Å². The minimum Gasteiger partial charge on any atom is -0.383 e.